The highest BCUT2D eigenvalue weighted by molar-refractivity contribution is 6.05. The number of benzene rings is 1. The fourth-order valence-corrected chi connectivity index (χ4v) is 2.09. The molecule has 2 heterocycles. The van der Waals surface area contributed by atoms with Crippen LogP contribution >= 0.6 is 0 Å². The molecule has 5 nitrogen and oxygen atoms in total. The van der Waals surface area contributed by atoms with Crippen LogP contribution in [-0.4, -0.2) is 33.3 Å². The summed E-state index contributed by atoms with van der Waals surface area (Å²) in [5.74, 6) is -0.0818. The molecular formula is C12H11N3O2. The fourth-order valence-electron chi connectivity index (χ4n) is 2.09. The van der Waals surface area contributed by atoms with Crippen LogP contribution in [0.1, 0.15) is 12.0 Å². The molecule has 0 bridgehead atoms. The summed E-state index contributed by atoms with van der Waals surface area (Å²) in [6.45, 7) is 0.730. The summed E-state index contributed by atoms with van der Waals surface area (Å²) in [5, 5.41) is 7.83. The Morgan fingerprint density at radius 3 is 3.00 bits per heavy atom. The number of hydrogen-bond donors (Lipinski definition) is 1. The van der Waals surface area contributed by atoms with Gasteiger partial charge in [0.2, 0.25) is 5.91 Å². The number of H-pyrrole nitrogens is 1. The van der Waals surface area contributed by atoms with E-state index in [-0.39, 0.29) is 24.7 Å². The molecule has 1 saturated heterocycles. The van der Waals surface area contributed by atoms with Crippen molar-refractivity contribution in [3.63, 3.8) is 0 Å². The summed E-state index contributed by atoms with van der Waals surface area (Å²) in [7, 11) is 0. The Labute approximate surface area is 97.4 Å². The Balaban J connectivity index is 1.84. The van der Waals surface area contributed by atoms with E-state index in [1.165, 1.54) is 0 Å². The quantitative estimate of drug-likeness (QED) is 0.777. The first-order valence-corrected chi connectivity index (χ1v) is 5.44. The molecule has 1 fully saturated rings. The number of hydrogen-bond acceptors (Lipinski definition) is 3. The Hall–Kier alpha value is -2.17. The highest BCUT2D eigenvalue weighted by Gasteiger charge is 2.27. The zero-order valence-corrected chi connectivity index (χ0v) is 9.14. The number of Topliss-reactive ketones (excluding diaryl/α,β-unsaturated/α-hetero) is 1. The maximum Gasteiger partial charge on any atom is 0.230 e. The highest BCUT2D eigenvalue weighted by atomic mass is 16.2. The third-order valence-electron chi connectivity index (χ3n) is 2.95. The Morgan fingerprint density at radius 2 is 2.24 bits per heavy atom. The van der Waals surface area contributed by atoms with E-state index in [1.54, 1.807) is 11.1 Å². The molecule has 1 N–H and O–H groups in total. The molecule has 0 unspecified atom stereocenters. The van der Waals surface area contributed by atoms with Gasteiger partial charge in [-0.15, -0.1) is 0 Å². The van der Waals surface area contributed by atoms with Crippen molar-refractivity contribution in [2.45, 2.75) is 13.0 Å². The molecule has 0 spiro atoms. The fraction of sp³-hybridized carbons (Fsp3) is 0.250. The first-order chi connectivity index (χ1) is 8.22. The smallest absolute Gasteiger partial charge is 0.230 e. The van der Waals surface area contributed by atoms with E-state index in [0.717, 1.165) is 16.5 Å². The van der Waals surface area contributed by atoms with E-state index in [4.69, 9.17) is 0 Å². The van der Waals surface area contributed by atoms with Crippen LogP contribution in [0.5, 0.6) is 0 Å². The lowest BCUT2D eigenvalue weighted by molar-refractivity contribution is -0.128. The summed E-state index contributed by atoms with van der Waals surface area (Å²) < 4.78 is 0. The normalized spacial score (nSPS) is 16.1. The molecule has 1 aromatic carbocycles. The number of rotatable bonds is 2. The number of amides is 1. The summed E-state index contributed by atoms with van der Waals surface area (Å²) in [6, 6.07) is 5.85. The second-order valence-electron chi connectivity index (χ2n) is 4.26. The summed E-state index contributed by atoms with van der Waals surface area (Å²) in [4.78, 5) is 24.2. The van der Waals surface area contributed by atoms with E-state index in [1.807, 2.05) is 18.2 Å². The van der Waals surface area contributed by atoms with Crippen molar-refractivity contribution in [1.82, 2.24) is 15.1 Å². The molecule has 17 heavy (non-hydrogen) atoms. The van der Waals surface area contributed by atoms with Gasteiger partial charge in [-0.3, -0.25) is 14.7 Å². The maximum atomic E-state index is 11.5. The van der Waals surface area contributed by atoms with Gasteiger partial charge in [0.15, 0.2) is 5.78 Å². The Bertz CT molecular complexity index is 603. The number of likely N-dealkylation sites (tertiary alicyclic amines) is 1. The molecule has 0 atom stereocenters. The van der Waals surface area contributed by atoms with Gasteiger partial charge in [0.05, 0.1) is 24.7 Å². The van der Waals surface area contributed by atoms with E-state index in [0.29, 0.717) is 6.54 Å². The number of carbonyl (C=O) groups is 2. The highest BCUT2D eigenvalue weighted by Crippen LogP contribution is 2.16. The molecule has 1 amide bonds. The van der Waals surface area contributed by atoms with Crippen LogP contribution in [0.15, 0.2) is 24.4 Å². The molecule has 0 saturated carbocycles. The van der Waals surface area contributed by atoms with Crippen LogP contribution in [0, 0.1) is 0 Å². The van der Waals surface area contributed by atoms with Crippen LogP contribution < -0.4 is 0 Å². The second-order valence-corrected chi connectivity index (χ2v) is 4.26. The number of nitrogens with zero attached hydrogens (tertiary/aromatic N) is 2. The third-order valence-corrected chi connectivity index (χ3v) is 2.95. The minimum atomic E-state index is -0.0812. The standard InChI is InChI=1S/C12H11N3O2/c16-10-4-12(17)15(7-10)6-8-1-2-11-9(3-8)5-13-14-11/h1-3,5H,4,6-7H2,(H,13,14). The molecule has 2 aromatic rings. The predicted molar refractivity (Wildman–Crippen MR) is 61.1 cm³/mol. The first-order valence-electron chi connectivity index (χ1n) is 5.44. The van der Waals surface area contributed by atoms with Crippen molar-refractivity contribution in [2.24, 2.45) is 0 Å². The number of aromatic amines is 1. The van der Waals surface area contributed by atoms with Gasteiger partial charge in [-0.05, 0) is 17.7 Å². The van der Waals surface area contributed by atoms with Crippen molar-refractivity contribution >= 4 is 22.6 Å². The monoisotopic (exact) mass is 229 g/mol. The van der Waals surface area contributed by atoms with E-state index < -0.39 is 0 Å². The number of aromatic nitrogens is 2. The third kappa shape index (κ3) is 1.80. The van der Waals surface area contributed by atoms with Gasteiger partial charge in [0.25, 0.3) is 0 Å². The largest absolute Gasteiger partial charge is 0.331 e. The van der Waals surface area contributed by atoms with Crippen molar-refractivity contribution in [3.8, 4) is 0 Å². The topological polar surface area (TPSA) is 66.1 Å². The molecule has 0 radical (unpaired) electrons. The van der Waals surface area contributed by atoms with Crippen LogP contribution in [0.2, 0.25) is 0 Å². The lowest BCUT2D eigenvalue weighted by Gasteiger charge is -2.14. The summed E-state index contributed by atoms with van der Waals surface area (Å²) in [6.07, 6.45) is 1.80. The maximum absolute atomic E-state index is 11.5. The Morgan fingerprint density at radius 1 is 1.35 bits per heavy atom. The zero-order chi connectivity index (χ0) is 11.8. The molecule has 1 aromatic heterocycles. The molecule has 3 rings (SSSR count). The van der Waals surface area contributed by atoms with Gasteiger partial charge in [-0.1, -0.05) is 6.07 Å². The van der Waals surface area contributed by atoms with Gasteiger partial charge in [0.1, 0.15) is 0 Å². The summed E-state index contributed by atoms with van der Waals surface area (Å²) >= 11 is 0. The van der Waals surface area contributed by atoms with E-state index in [2.05, 4.69) is 10.2 Å². The van der Waals surface area contributed by atoms with E-state index >= 15 is 0 Å². The first kappa shape index (κ1) is 10.0. The van der Waals surface area contributed by atoms with Crippen LogP contribution in [-0.2, 0) is 16.1 Å². The van der Waals surface area contributed by atoms with Crippen molar-refractivity contribution < 1.29 is 9.59 Å². The van der Waals surface area contributed by atoms with Gasteiger partial charge >= 0.3 is 0 Å². The van der Waals surface area contributed by atoms with Gasteiger partial charge in [-0.2, -0.15) is 5.10 Å². The molecule has 0 aliphatic carbocycles. The number of ketones is 1. The molecule has 1 aliphatic heterocycles. The second kappa shape index (κ2) is 3.69. The Kier molecular flexibility index (Phi) is 2.18. The van der Waals surface area contributed by atoms with Crippen molar-refractivity contribution in [2.75, 3.05) is 6.54 Å². The lowest BCUT2D eigenvalue weighted by atomic mass is 10.1. The van der Waals surface area contributed by atoms with Crippen LogP contribution in [0.4, 0.5) is 0 Å². The predicted octanol–water partition coefficient (Wildman–Crippen LogP) is 0.864. The van der Waals surface area contributed by atoms with Crippen LogP contribution in [0.25, 0.3) is 10.9 Å². The number of carbonyl (C=O) groups excluding carboxylic acids is 2. The van der Waals surface area contributed by atoms with E-state index in [9.17, 15) is 9.59 Å². The molecule has 1 aliphatic rings. The average molecular weight is 229 g/mol. The summed E-state index contributed by atoms with van der Waals surface area (Å²) in [5.41, 5.74) is 1.99. The minimum Gasteiger partial charge on any atom is -0.331 e. The zero-order valence-electron chi connectivity index (χ0n) is 9.14. The van der Waals surface area contributed by atoms with Gasteiger partial charge < -0.3 is 4.90 Å². The number of fused-ring (bicyclic) bond motifs is 1. The molecular weight excluding hydrogens is 218 g/mol. The van der Waals surface area contributed by atoms with Crippen molar-refractivity contribution in [1.29, 1.82) is 0 Å². The number of nitrogens with one attached hydrogen (secondary N) is 1. The lowest BCUT2D eigenvalue weighted by Crippen LogP contribution is -2.24. The molecule has 5 heteroatoms. The molecule has 86 valence electrons. The van der Waals surface area contributed by atoms with Crippen LogP contribution in [0.3, 0.4) is 0 Å². The van der Waals surface area contributed by atoms with Gasteiger partial charge in [-0.25, -0.2) is 0 Å². The minimum absolute atomic E-state index is 0.000566. The van der Waals surface area contributed by atoms with Crippen molar-refractivity contribution in [3.05, 3.63) is 30.0 Å². The van der Waals surface area contributed by atoms with Gasteiger partial charge in [0, 0.05) is 11.9 Å². The SMILES string of the molecule is O=C1CC(=O)N(Cc2ccc3[nH]ncc3c2)C1. The average Bonchev–Trinajstić information content (AvgIpc) is 2.85.